The lowest BCUT2D eigenvalue weighted by atomic mass is 9.96. The number of nitrogens with zero attached hydrogens (tertiary/aromatic N) is 3. The largest absolute Gasteiger partial charge is 0.293 e. The number of pyridine rings is 1. The van der Waals surface area contributed by atoms with Crippen LogP contribution in [-0.2, 0) is 14.8 Å². The van der Waals surface area contributed by atoms with Gasteiger partial charge in [-0.3, -0.25) is 9.69 Å². The molecule has 0 bridgehead atoms. The fourth-order valence-electron chi connectivity index (χ4n) is 2.94. The first kappa shape index (κ1) is 15.4. The lowest BCUT2D eigenvalue weighted by molar-refractivity contribution is -0.123. The number of amides is 1. The zero-order valence-corrected chi connectivity index (χ0v) is 13.5. The van der Waals surface area contributed by atoms with Gasteiger partial charge in [-0.2, -0.15) is 0 Å². The van der Waals surface area contributed by atoms with Crippen LogP contribution in [0.4, 0.5) is 5.82 Å². The average Bonchev–Trinajstić information content (AvgIpc) is 3.32. The summed E-state index contributed by atoms with van der Waals surface area (Å²) in [5.41, 5.74) is 0. The van der Waals surface area contributed by atoms with Gasteiger partial charge in [0.25, 0.3) is 0 Å². The van der Waals surface area contributed by atoms with Crippen molar-refractivity contribution in [2.75, 3.05) is 24.2 Å². The zero-order valence-electron chi connectivity index (χ0n) is 12.7. The molecule has 3 rings (SSSR count). The van der Waals surface area contributed by atoms with Crippen LogP contribution in [-0.4, -0.2) is 49.0 Å². The summed E-state index contributed by atoms with van der Waals surface area (Å²) in [6, 6.07) is 5.85. The minimum atomic E-state index is -3.16. The molecule has 1 aromatic heterocycles. The number of hydrogen-bond acceptors (Lipinski definition) is 4. The molecule has 6 nitrogen and oxygen atoms in total. The normalized spacial score (nSPS) is 20.8. The average molecular weight is 323 g/mol. The Balaban J connectivity index is 1.70. The molecule has 1 aliphatic carbocycles. The lowest BCUT2D eigenvalue weighted by Crippen LogP contribution is -2.45. The van der Waals surface area contributed by atoms with E-state index in [-0.39, 0.29) is 17.9 Å². The van der Waals surface area contributed by atoms with Crippen LogP contribution in [0, 0.1) is 5.92 Å². The highest BCUT2D eigenvalue weighted by atomic mass is 32.2. The van der Waals surface area contributed by atoms with Crippen molar-refractivity contribution in [2.24, 2.45) is 5.92 Å². The van der Waals surface area contributed by atoms with E-state index in [9.17, 15) is 13.2 Å². The molecule has 0 unspecified atom stereocenters. The molecule has 1 saturated heterocycles. The summed E-state index contributed by atoms with van der Waals surface area (Å²) in [4.78, 5) is 19.0. The first-order valence-electron chi connectivity index (χ1n) is 7.66. The maximum atomic E-state index is 12.9. The molecule has 1 aliphatic heterocycles. The van der Waals surface area contributed by atoms with Crippen molar-refractivity contribution < 1.29 is 13.2 Å². The molecule has 120 valence electrons. The number of hydrogen-bond donors (Lipinski definition) is 0. The summed E-state index contributed by atoms with van der Waals surface area (Å²) in [5, 5.41) is 0. The Kier molecular flexibility index (Phi) is 4.18. The van der Waals surface area contributed by atoms with E-state index in [0.29, 0.717) is 31.7 Å². The Morgan fingerprint density at radius 1 is 1.23 bits per heavy atom. The van der Waals surface area contributed by atoms with Crippen LogP contribution in [0.25, 0.3) is 0 Å². The molecule has 1 aromatic rings. The summed E-state index contributed by atoms with van der Waals surface area (Å²) in [6.07, 6.45) is 6.13. The fraction of sp³-hybridized carbons (Fsp3) is 0.600. The standard InChI is InChI=1S/C15H21N3O3S/c1-22(20,21)17-10-7-12(8-11-17)15(19)18(13-5-6-13)14-4-2-3-9-16-14/h2-4,9,12-13H,5-8,10-11H2,1H3. The summed E-state index contributed by atoms with van der Waals surface area (Å²) in [5.74, 6) is 0.690. The van der Waals surface area contributed by atoms with Crippen LogP contribution in [0.1, 0.15) is 25.7 Å². The van der Waals surface area contributed by atoms with Crippen LogP contribution in [0.3, 0.4) is 0 Å². The van der Waals surface area contributed by atoms with E-state index in [4.69, 9.17) is 0 Å². The molecule has 22 heavy (non-hydrogen) atoms. The van der Waals surface area contributed by atoms with Gasteiger partial charge in [0.15, 0.2) is 0 Å². The number of aromatic nitrogens is 1. The molecule has 2 aliphatic rings. The predicted octanol–water partition coefficient (Wildman–Crippen LogP) is 1.25. The monoisotopic (exact) mass is 323 g/mol. The molecule has 2 heterocycles. The van der Waals surface area contributed by atoms with Crippen molar-refractivity contribution in [2.45, 2.75) is 31.7 Å². The minimum absolute atomic E-state index is 0.0920. The van der Waals surface area contributed by atoms with Gasteiger partial charge in [-0.15, -0.1) is 0 Å². The fourth-order valence-corrected chi connectivity index (χ4v) is 3.81. The maximum Gasteiger partial charge on any atom is 0.231 e. The molecule has 0 radical (unpaired) electrons. The van der Waals surface area contributed by atoms with Crippen LogP contribution >= 0.6 is 0 Å². The molecule has 2 fully saturated rings. The van der Waals surface area contributed by atoms with E-state index in [1.54, 1.807) is 6.20 Å². The van der Waals surface area contributed by atoms with Gasteiger partial charge in [-0.25, -0.2) is 17.7 Å². The second kappa shape index (κ2) is 5.96. The molecular formula is C15H21N3O3S. The highest BCUT2D eigenvalue weighted by Gasteiger charge is 2.39. The third-order valence-corrected chi connectivity index (χ3v) is 5.62. The smallest absolute Gasteiger partial charge is 0.231 e. The zero-order chi connectivity index (χ0) is 15.7. The maximum absolute atomic E-state index is 12.9. The van der Waals surface area contributed by atoms with Crippen molar-refractivity contribution in [3.05, 3.63) is 24.4 Å². The molecule has 0 atom stereocenters. The number of anilines is 1. The molecule has 7 heteroatoms. The molecule has 0 spiro atoms. The van der Waals surface area contributed by atoms with E-state index < -0.39 is 10.0 Å². The van der Waals surface area contributed by atoms with Gasteiger partial charge in [0, 0.05) is 31.2 Å². The topological polar surface area (TPSA) is 70.6 Å². The van der Waals surface area contributed by atoms with Gasteiger partial charge in [0.1, 0.15) is 5.82 Å². The van der Waals surface area contributed by atoms with E-state index in [1.165, 1.54) is 10.6 Å². The van der Waals surface area contributed by atoms with Gasteiger partial charge in [-0.1, -0.05) is 6.07 Å². The Morgan fingerprint density at radius 3 is 2.41 bits per heavy atom. The minimum Gasteiger partial charge on any atom is -0.293 e. The highest BCUT2D eigenvalue weighted by Crippen LogP contribution is 2.33. The van der Waals surface area contributed by atoms with Crippen molar-refractivity contribution in [3.63, 3.8) is 0 Å². The number of sulfonamides is 1. The van der Waals surface area contributed by atoms with Gasteiger partial charge in [0.2, 0.25) is 15.9 Å². The Labute approximate surface area is 131 Å². The van der Waals surface area contributed by atoms with Gasteiger partial charge in [-0.05, 0) is 37.8 Å². The van der Waals surface area contributed by atoms with Crippen molar-refractivity contribution in [3.8, 4) is 0 Å². The Bertz CT molecular complexity index is 635. The summed E-state index contributed by atoms with van der Waals surface area (Å²) >= 11 is 0. The molecule has 1 amide bonds. The Morgan fingerprint density at radius 2 is 1.91 bits per heavy atom. The summed E-state index contributed by atoms with van der Waals surface area (Å²) < 4.78 is 24.6. The number of piperidine rings is 1. The van der Waals surface area contributed by atoms with E-state index in [2.05, 4.69) is 4.98 Å². The van der Waals surface area contributed by atoms with Gasteiger partial charge in [0.05, 0.1) is 6.26 Å². The van der Waals surface area contributed by atoms with Crippen LogP contribution in [0.2, 0.25) is 0 Å². The quantitative estimate of drug-likeness (QED) is 0.836. The van der Waals surface area contributed by atoms with E-state index in [1.807, 2.05) is 23.1 Å². The Hall–Kier alpha value is -1.47. The predicted molar refractivity (Wildman–Crippen MR) is 83.9 cm³/mol. The SMILES string of the molecule is CS(=O)(=O)N1CCC(C(=O)N(c2ccccn2)C2CC2)CC1. The van der Waals surface area contributed by atoms with Crippen LogP contribution in [0.5, 0.6) is 0 Å². The summed E-state index contributed by atoms with van der Waals surface area (Å²) in [6.45, 7) is 0.853. The second-order valence-corrected chi connectivity index (χ2v) is 8.05. The van der Waals surface area contributed by atoms with E-state index >= 15 is 0 Å². The van der Waals surface area contributed by atoms with Gasteiger partial charge < -0.3 is 0 Å². The third kappa shape index (κ3) is 3.30. The molecule has 0 aromatic carbocycles. The number of carbonyl (C=O) groups is 1. The first-order chi connectivity index (χ1) is 10.5. The van der Waals surface area contributed by atoms with E-state index in [0.717, 1.165) is 12.8 Å². The van der Waals surface area contributed by atoms with Crippen LogP contribution < -0.4 is 4.90 Å². The first-order valence-corrected chi connectivity index (χ1v) is 9.51. The third-order valence-electron chi connectivity index (χ3n) is 4.32. The lowest BCUT2D eigenvalue weighted by Gasteiger charge is -2.32. The van der Waals surface area contributed by atoms with Gasteiger partial charge >= 0.3 is 0 Å². The highest BCUT2D eigenvalue weighted by molar-refractivity contribution is 7.88. The second-order valence-electron chi connectivity index (χ2n) is 6.06. The number of rotatable bonds is 4. The molecular weight excluding hydrogens is 302 g/mol. The number of carbonyl (C=O) groups excluding carboxylic acids is 1. The van der Waals surface area contributed by atoms with Crippen molar-refractivity contribution in [1.29, 1.82) is 0 Å². The van der Waals surface area contributed by atoms with Crippen LogP contribution in [0.15, 0.2) is 24.4 Å². The summed E-state index contributed by atoms with van der Waals surface area (Å²) in [7, 11) is -3.16. The molecule has 1 saturated carbocycles. The molecule has 0 N–H and O–H groups in total. The van der Waals surface area contributed by atoms with Crippen molar-refractivity contribution >= 4 is 21.7 Å². The van der Waals surface area contributed by atoms with Crippen molar-refractivity contribution in [1.82, 2.24) is 9.29 Å².